The number of methoxy groups -OCH3 is 1. The number of hydrogen-bond donors (Lipinski definition) is 2. The number of aromatic nitrogens is 2. The van der Waals surface area contributed by atoms with Crippen molar-refractivity contribution < 1.29 is 14.3 Å². The van der Waals surface area contributed by atoms with Gasteiger partial charge in [-0.05, 0) is 32.9 Å². The summed E-state index contributed by atoms with van der Waals surface area (Å²) in [7, 11) is 1.55. The Labute approximate surface area is 161 Å². The number of carbonyl (C=O) groups is 2. The predicted molar refractivity (Wildman–Crippen MR) is 105 cm³/mol. The largest absolute Gasteiger partial charge is 0.383 e. The van der Waals surface area contributed by atoms with E-state index in [1.54, 1.807) is 52.1 Å². The third kappa shape index (κ3) is 5.54. The molecule has 0 spiro atoms. The van der Waals surface area contributed by atoms with Crippen molar-refractivity contribution in [1.82, 2.24) is 20.2 Å². The van der Waals surface area contributed by atoms with Crippen LogP contribution in [0.3, 0.4) is 0 Å². The van der Waals surface area contributed by atoms with Gasteiger partial charge in [0.05, 0.1) is 29.3 Å². The summed E-state index contributed by atoms with van der Waals surface area (Å²) in [5.74, 6) is -0.459. The van der Waals surface area contributed by atoms with Crippen molar-refractivity contribution >= 4 is 34.6 Å². The van der Waals surface area contributed by atoms with Crippen LogP contribution in [0.2, 0.25) is 0 Å². The molecule has 0 saturated carbocycles. The first-order valence-electron chi connectivity index (χ1n) is 8.60. The quantitative estimate of drug-likeness (QED) is 0.550. The molecular weight excluding hydrogens is 368 g/mol. The highest BCUT2D eigenvalue weighted by Crippen LogP contribution is 2.22. The number of ether oxygens (including phenoxy) is 1. The number of nitrogens with one attached hydrogen (secondary N) is 2. The minimum absolute atomic E-state index is 0.0814. The van der Waals surface area contributed by atoms with E-state index in [1.807, 2.05) is 0 Å². The number of benzene rings is 1. The summed E-state index contributed by atoms with van der Waals surface area (Å²) in [6.45, 7) is 5.92. The average molecular weight is 392 g/mol. The molecule has 0 radical (unpaired) electrons. The van der Waals surface area contributed by atoms with Crippen LogP contribution in [0.25, 0.3) is 10.9 Å². The lowest BCUT2D eigenvalue weighted by molar-refractivity contribution is -0.119. The van der Waals surface area contributed by atoms with Gasteiger partial charge in [0.2, 0.25) is 5.91 Å². The van der Waals surface area contributed by atoms with E-state index in [0.29, 0.717) is 29.2 Å². The van der Waals surface area contributed by atoms with E-state index in [0.717, 1.165) is 11.8 Å². The van der Waals surface area contributed by atoms with Crippen LogP contribution in [0.4, 0.5) is 4.79 Å². The number of carbonyl (C=O) groups excluding carboxylic acids is 2. The number of urea groups is 1. The maximum Gasteiger partial charge on any atom is 0.321 e. The molecule has 1 heterocycles. The summed E-state index contributed by atoms with van der Waals surface area (Å²) >= 11 is 1.12. The second-order valence-electron chi connectivity index (χ2n) is 6.24. The standard InChI is InChI=1S/C18H24N4O4S/c1-11(2)19-17(25)21-15(23)12(3)27-18-20-14-8-6-5-7-13(14)16(24)22(18)9-10-26-4/h5-8,11-12H,9-10H2,1-4H3,(H2,19,21,23,25)/t12-/m1/s1. The lowest BCUT2D eigenvalue weighted by atomic mass is 10.2. The zero-order chi connectivity index (χ0) is 20.0. The van der Waals surface area contributed by atoms with Crippen molar-refractivity contribution in [3.05, 3.63) is 34.6 Å². The minimum atomic E-state index is -0.621. The Morgan fingerprint density at radius 1 is 1.26 bits per heavy atom. The molecule has 27 heavy (non-hydrogen) atoms. The van der Waals surface area contributed by atoms with Crippen molar-refractivity contribution in [3.8, 4) is 0 Å². The first-order chi connectivity index (χ1) is 12.8. The van der Waals surface area contributed by atoms with Crippen molar-refractivity contribution in [2.75, 3.05) is 13.7 Å². The van der Waals surface area contributed by atoms with Gasteiger partial charge in [-0.1, -0.05) is 23.9 Å². The van der Waals surface area contributed by atoms with Gasteiger partial charge in [-0.25, -0.2) is 9.78 Å². The fourth-order valence-corrected chi connectivity index (χ4v) is 3.28. The first kappa shape index (κ1) is 20.9. The summed E-state index contributed by atoms with van der Waals surface area (Å²) in [5, 5.41) is 5.18. The number of fused-ring (bicyclic) bond motifs is 1. The maximum atomic E-state index is 12.8. The van der Waals surface area contributed by atoms with E-state index >= 15 is 0 Å². The monoisotopic (exact) mass is 392 g/mol. The fraction of sp³-hybridized carbons (Fsp3) is 0.444. The van der Waals surface area contributed by atoms with E-state index in [4.69, 9.17) is 4.74 Å². The van der Waals surface area contributed by atoms with Crippen LogP contribution in [-0.4, -0.2) is 46.5 Å². The van der Waals surface area contributed by atoms with Gasteiger partial charge in [-0.3, -0.25) is 19.5 Å². The summed E-state index contributed by atoms with van der Waals surface area (Å²) in [6, 6.07) is 6.42. The molecule has 0 unspecified atom stereocenters. The fourth-order valence-electron chi connectivity index (χ4n) is 2.34. The van der Waals surface area contributed by atoms with Gasteiger partial charge >= 0.3 is 6.03 Å². The smallest absolute Gasteiger partial charge is 0.321 e. The molecule has 0 aliphatic carbocycles. The highest BCUT2D eigenvalue weighted by atomic mass is 32.2. The molecule has 8 nitrogen and oxygen atoms in total. The van der Waals surface area contributed by atoms with Crippen LogP contribution in [0.15, 0.2) is 34.2 Å². The molecule has 146 valence electrons. The number of amides is 3. The molecule has 1 atom stereocenters. The van der Waals surface area contributed by atoms with Crippen molar-refractivity contribution in [1.29, 1.82) is 0 Å². The molecule has 2 N–H and O–H groups in total. The van der Waals surface area contributed by atoms with Crippen molar-refractivity contribution in [3.63, 3.8) is 0 Å². The van der Waals surface area contributed by atoms with E-state index in [1.165, 1.54) is 4.57 Å². The molecule has 0 fully saturated rings. The van der Waals surface area contributed by atoms with E-state index in [-0.39, 0.29) is 11.6 Å². The lowest BCUT2D eigenvalue weighted by Gasteiger charge is -2.16. The van der Waals surface area contributed by atoms with E-state index in [2.05, 4.69) is 15.6 Å². The molecule has 9 heteroatoms. The molecule has 0 bridgehead atoms. The molecule has 2 aromatic rings. The Bertz CT molecular complexity index is 881. The summed E-state index contributed by atoms with van der Waals surface area (Å²) in [6.07, 6.45) is 0. The van der Waals surface area contributed by atoms with Crippen LogP contribution >= 0.6 is 11.8 Å². The number of para-hydroxylation sites is 1. The molecule has 3 amide bonds. The Kier molecular flexibility index (Phi) is 7.37. The van der Waals surface area contributed by atoms with Crippen molar-refractivity contribution in [2.45, 2.75) is 43.8 Å². The maximum absolute atomic E-state index is 12.8. The summed E-state index contributed by atoms with van der Waals surface area (Å²) in [5.41, 5.74) is 0.370. The Balaban J connectivity index is 2.26. The molecule has 1 aromatic heterocycles. The third-order valence-corrected chi connectivity index (χ3v) is 4.74. The Morgan fingerprint density at radius 2 is 1.96 bits per heavy atom. The van der Waals surface area contributed by atoms with Gasteiger partial charge in [-0.2, -0.15) is 0 Å². The van der Waals surface area contributed by atoms with Gasteiger partial charge < -0.3 is 10.1 Å². The molecule has 0 aliphatic rings. The molecule has 0 saturated heterocycles. The summed E-state index contributed by atoms with van der Waals surface area (Å²) in [4.78, 5) is 41.3. The highest BCUT2D eigenvalue weighted by molar-refractivity contribution is 8.00. The zero-order valence-electron chi connectivity index (χ0n) is 15.8. The van der Waals surface area contributed by atoms with Crippen LogP contribution in [0, 0.1) is 0 Å². The first-order valence-corrected chi connectivity index (χ1v) is 9.48. The number of nitrogens with zero attached hydrogens (tertiary/aromatic N) is 2. The van der Waals surface area contributed by atoms with Crippen LogP contribution in [0.1, 0.15) is 20.8 Å². The number of rotatable bonds is 7. The Hall–Kier alpha value is -2.39. The topological polar surface area (TPSA) is 102 Å². The van der Waals surface area contributed by atoms with Gasteiger partial charge in [-0.15, -0.1) is 0 Å². The van der Waals surface area contributed by atoms with E-state index in [9.17, 15) is 14.4 Å². The minimum Gasteiger partial charge on any atom is -0.383 e. The highest BCUT2D eigenvalue weighted by Gasteiger charge is 2.21. The van der Waals surface area contributed by atoms with E-state index < -0.39 is 17.2 Å². The average Bonchev–Trinajstić information content (AvgIpc) is 2.60. The van der Waals surface area contributed by atoms with Crippen molar-refractivity contribution in [2.24, 2.45) is 0 Å². The zero-order valence-corrected chi connectivity index (χ0v) is 16.6. The number of thioether (sulfide) groups is 1. The Morgan fingerprint density at radius 3 is 2.63 bits per heavy atom. The van der Waals surface area contributed by atoms with Crippen LogP contribution in [0.5, 0.6) is 0 Å². The van der Waals surface area contributed by atoms with Gasteiger partial charge in [0.15, 0.2) is 5.16 Å². The molecule has 2 rings (SSSR count). The normalized spacial score (nSPS) is 12.2. The third-order valence-electron chi connectivity index (χ3n) is 3.65. The molecule has 1 aromatic carbocycles. The summed E-state index contributed by atoms with van der Waals surface area (Å²) < 4.78 is 6.58. The lowest BCUT2D eigenvalue weighted by Crippen LogP contribution is -2.45. The molecule has 0 aliphatic heterocycles. The SMILES string of the molecule is COCCn1c(S[C@H](C)C(=O)NC(=O)NC(C)C)nc2ccccc2c1=O. The van der Waals surface area contributed by atoms with Crippen LogP contribution < -0.4 is 16.2 Å². The van der Waals surface area contributed by atoms with Gasteiger partial charge in [0.25, 0.3) is 5.56 Å². The van der Waals surface area contributed by atoms with Gasteiger partial charge in [0.1, 0.15) is 0 Å². The molecular formula is C18H24N4O4S. The second-order valence-corrected chi connectivity index (χ2v) is 7.55. The van der Waals surface area contributed by atoms with Crippen LogP contribution in [-0.2, 0) is 16.1 Å². The second kappa shape index (κ2) is 9.52. The predicted octanol–water partition coefficient (Wildman–Crippen LogP) is 1.76. The number of imide groups is 1. The number of hydrogen-bond acceptors (Lipinski definition) is 6. The van der Waals surface area contributed by atoms with Gasteiger partial charge in [0, 0.05) is 13.2 Å².